The first-order valence-corrected chi connectivity index (χ1v) is 15.2. The van der Waals surface area contributed by atoms with Gasteiger partial charge in [0.25, 0.3) is 12.0 Å². The number of alkyl halides is 2. The van der Waals surface area contributed by atoms with Crippen LogP contribution in [0.15, 0.2) is 59.0 Å². The highest BCUT2D eigenvalue weighted by molar-refractivity contribution is 7.18. The van der Waals surface area contributed by atoms with Crippen LogP contribution in [0.2, 0.25) is 5.02 Å². The summed E-state index contributed by atoms with van der Waals surface area (Å²) in [7, 11) is 0. The number of carbonyl (C=O) groups is 1. The summed E-state index contributed by atoms with van der Waals surface area (Å²) in [5.74, 6) is -1.31. The Labute approximate surface area is 273 Å². The van der Waals surface area contributed by atoms with Crippen molar-refractivity contribution in [2.75, 3.05) is 6.61 Å². The Balaban J connectivity index is 1.40. The summed E-state index contributed by atoms with van der Waals surface area (Å²) in [6.07, 6.45) is -1.01. The molecule has 0 amide bonds. The maximum Gasteiger partial charge on any atom is 0.338 e. The van der Waals surface area contributed by atoms with Crippen LogP contribution in [0.3, 0.4) is 0 Å². The minimum absolute atomic E-state index is 0.0407. The summed E-state index contributed by atoms with van der Waals surface area (Å²) >= 11 is 7.58. The Bertz CT molecular complexity index is 2350. The van der Waals surface area contributed by atoms with E-state index >= 15 is 0 Å². The summed E-state index contributed by atoms with van der Waals surface area (Å²) in [6, 6.07) is 10.6. The van der Waals surface area contributed by atoms with Crippen molar-refractivity contribution >= 4 is 50.0 Å². The maximum absolute atomic E-state index is 14.2. The molecule has 14 heteroatoms. The number of thiophene rings is 1. The van der Waals surface area contributed by atoms with E-state index in [1.54, 1.807) is 31.2 Å². The van der Waals surface area contributed by atoms with Gasteiger partial charge in [0, 0.05) is 50.1 Å². The lowest BCUT2D eigenvalue weighted by molar-refractivity contribution is 0.0699. The molecule has 0 bridgehead atoms. The number of hydrogen-bond donors (Lipinski definition) is 1. The molecule has 0 atom stereocenters. The number of nitrogens with zero attached hydrogens (tertiary/aromatic N) is 5. The van der Waals surface area contributed by atoms with Crippen LogP contribution in [-0.2, 0) is 6.54 Å². The highest BCUT2D eigenvalue weighted by Gasteiger charge is 2.25. The molecule has 6 rings (SSSR count). The molecule has 0 aliphatic rings. The van der Waals surface area contributed by atoms with Gasteiger partial charge in [-0.1, -0.05) is 11.6 Å². The van der Waals surface area contributed by atoms with Gasteiger partial charge >= 0.3 is 5.97 Å². The third kappa shape index (κ3) is 5.77. The van der Waals surface area contributed by atoms with Crippen LogP contribution in [0.4, 0.5) is 13.2 Å². The molecule has 4 heterocycles. The van der Waals surface area contributed by atoms with Crippen LogP contribution in [-0.4, -0.2) is 37.2 Å². The number of aromatic carboxylic acids is 1. The predicted octanol–water partition coefficient (Wildman–Crippen LogP) is 7.73. The largest absolute Gasteiger partial charge is 0.491 e. The van der Waals surface area contributed by atoms with Gasteiger partial charge in [0.05, 0.1) is 45.0 Å². The second-order valence-corrected chi connectivity index (χ2v) is 11.8. The van der Waals surface area contributed by atoms with Gasteiger partial charge in [0.15, 0.2) is 0 Å². The number of aromatic nitrogens is 4. The van der Waals surface area contributed by atoms with E-state index in [-0.39, 0.29) is 52.1 Å². The highest BCUT2D eigenvalue weighted by atomic mass is 35.5. The first-order chi connectivity index (χ1) is 22.5. The van der Waals surface area contributed by atoms with Crippen molar-refractivity contribution in [1.82, 2.24) is 19.5 Å². The van der Waals surface area contributed by atoms with Crippen LogP contribution >= 0.6 is 22.9 Å². The molecule has 0 aliphatic carbocycles. The molecular weight excluding hydrogens is 655 g/mol. The van der Waals surface area contributed by atoms with E-state index in [2.05, 4.69) is 15.0 Å². The third-order valence-electron chi connectivity index (χ3n) is 7.49. The number of halogens is 4. The number of carboxylic acids is 1. The monoisotopic (exact) mass is 675 g/mol. The fraction of sp³-hybridized carbons (Fsp3) is 0.152. The fourth-order valence-electron chi connectivity index (χ4n) is 5.49. The number of aryl methyl sites for hydroxylation is 2. The molecule has 0 fully saturated rings. The first kappa shape index (κ1) is 31.7. The third-order valence-corrected chi connectivity index (χ3v) is 8.73. The standard InChI is InChI=1S/C33H21ClF3N5O4S/c1-15-7-21(30-29(40-15)24(14-47-30)33(44)45)20-9-18(34)3-4-26(20)46-6-5-42-16(2)41-25-10-22(31(36)37)27(17-8-19(35)13-39-12-17)23(11-38)28(25)32(42)43/h3-4,7-10,12-14,31H,5-6H2,1-2H3,(H,44,45). The maximum atomic E-state index is 14.2. The second kappa shape index (κ2) is 12.5. The number of carboxylic acid groups (broad SMARTS) is 1. The van der Waals surface area contributed by atoms with Crippen LogP contribution in [0, 0.1) is 31.0 Å². The number of fused-ring (bicyclic) bond motifs is 2. The Morgan fingerprint density at radius 3 is 2.64 bits per heavy atom. The Hall–Kier alpha value is -5.32. The van der Waals surface area contributed by atoms with Crippen molar-refractivity contribution in [3.8, 4) is 34.1 Å². The summed E-state index contributed by atoms with van der Waals surface area (Å²) in [5, 5.41) is 21.5. The minimum atomic E-state index is -3.05. The predicted molar refractivity (Wildman–Crippen MR) is 171 cm³/mol. The number of hydrogen-bond acceptors (Lipinski definition) is 8. The van der Waals surface area contributed by atoms with Gasteiger partial charge < -0.3 is 9.84 Å². The van der Waals surface area contributed by atoms with Crippen LogP contribution in [0.25, 0.3) is 43.4 Å². The molecule has 236 valence electrons. The number of nitriles is 1. The molecule has 4 aromatic heterocycles. The average Bonchev–Trinajstić information content (AvgIpc) is 3.46. The van der Waals surface area contributed by atoms with Crippen molar-refractivity contribution in [2.45, 2.75) is 26.8 Å². The first-order valence-electron chi connectivity index (χ1n) is 13.9. The summed E-state index contributed by atoms with van der Waals surface area (Å²) in [6.45, 7) is 3.18. The van der Waals surface area contributed by atoms with Crippen molar-refractivity contribution < 1.29 is 27.8 Å². The molecule has 9 nitrogen and oxygen atoms in total. The lowest BCUT2D eigenvalue weighted by Gasteiger charge is -2.17. The zero-order chi connectivity index (χ0) is 33.6. The van der Waals surface area contributed by atoms with Crippen molar-refractivity contribution in [3.63, 3.8) is 0 Å². The molecular formula is C33H21ClF3N5O4S. The van der Waals surface area contributed by atoms with E-state index in [0.29, 0.717) is 37.8 Å². The summed E-state index contributed by atoms with van der Waals surface area (Å²) < 4.78 is 50.5. The van der Waals surface area contributed by atoms with Crippen LogP contribution in [0.1, 0.15) is 39.4 Å². The van der Waals surface area contributed by atoms with Gasteiger partial charge in [-0.2, -0.15) is 5.26 Å². The summed E-state index contributed by atoms with van der Waals surface area (Å²) in [5.41, 5.74) is 0.153. The molecule has 0 unspecified atom stereocenters. The van der Waals surface area contributed by atoms with Gasteiger partial charge in [-0.05, 0) is 50.2 Å². The molecule has 0 saturated carbocycles. The smallest absolute Gasteiger partial charge is 0.338 e. The molecule has 47 heavy (non-hydrogen) atoms. The molecule has 0 spiro atoms. The lowest BCUT2D eigenvalue weighted by Crippen LogP contribution is -2.27. The molecule has 6 aromatic rings. The summed E-state index contributed by atoms with van der Waals surface area (Å²) in [4.78, 5) is 38.1. The molecule has 0 radical (unpaired) electrons. The van der Waals surface area contributed by atoms with Gasteiger partial charge in [0.2, 0.25) is 0 Å². The SMILES string of the molecule is Cc1cc(-c2cc(Cl)ccc2OCCn2c(C)nc3cc(C(F)F)c(-c4cncc(F)c4)c(C#N)c3c2=O)c2scc(C(=O)O)c2n1. The van der Waals surface area contributed by atoms with E-state index in [0.717, 1.165) is 24.5 Å². The molecule has 2 aromatic carbocycles. The van der Waals surface area contributed by atoms with E-state index in [1.165, 1.54) is 28.2 Å². The fourth-order valence-corrected chi connectivity index (χ4v) is 6.67. The normalized spacial score (nSPS) is 11.4. The highest BCUT2D eigenvalue weighted by Crippen LogP contribution is 2.41. The van der Waals surface area contributed by atoms with Gasteiger partial charge in [0.1, 0.15) is 30.1 Å². The van der Waals surface area contributed by atoms with Gasteiger partial charge in [-0.15, -0.1) is 11.3 Å². The molecule has 1 N–H and O–H groups in total. The van der Waals surface area contributed by atoms with Crippen LogP contribution < -0.4 is 10.3 Å². The zero-order valence-electron chi connectivity index (χ0n) is 24.5. The Morgan fingerprint density at radius 2 is 1.94 bits per heavy atom. The van der Waals surface area contributed by atoms with Crippen molar-refractivity contribution in [2.24, 2.45) is 0 Å². The topological polar surface area (TPSA) is 131 Å². The van der Waals surface area contributed by atoms with Crippen LogP contribution in [0.5, 0.6) is 5.75 Å². The number of rotatable bonds is 8. The van der Waals surface area contributed by atoms with Gasteiger partial charge in [-0.25, -0.2) is 22.9 Å². The van der Waals surface area contributed by atoms with E-state index in [9.17, 15) is 33.1 Å². The Kier molecular flexibility index (Phi) is 8.40. The van der Waals surface area contributed by atoms with E-state index in [1.807, 2.05) is 6.07 Å². The second-order valence-electron chi connectivity index (χ2n) is 10.5. The average molecular weight is 676 g/mol. The van der Waals surface area contributed by atoms with E-state index < -0.39 is 29.3 Å². The minimum Gasteiger partial charge on any atom is -0.491 e. The molecule has 0 saturated heterocycles. The molecule has 0 aliphatic heterocycles. The van der Waals surface area contributed by atoms with Gasteiger partial charge in [-0.3, -0.25) is 19.3 Å². The lowest BCUT2D eigenvalue weighted by atomic mass is 9.92. The van der Waals surface area contributed by atoms with Crippen molar-refractivity contribution in [3.05, 3.63) is 104 Å². The number of benzene rings is 2. The number of ether oxygens (including phenoxy) is 1. The number of pyridine rings is 2. The van der Waals surface area contributed by atoms with E-state index in [4.69, 9.17) is 16.3 Å². The Morgan fingerprint density at radius 1 is 1.15 bits per heavy atom. The quantitative estimate of drug-likeness (QED) is 0.173. The zero-order valence-corrected chi connectivity index (χ0v) is 26.1. The van der Waals surface area contributed by atoms with Crippen molar-refractivity contribution in [1.29, 1.82) is 5.26 Å².